The van der Waals surface area contributed by atoms with Crippen molar-refractivity contribution in [1.82, 2.24) is 0 Å². The first-order valence-corrected chi connectivity index (χ1v) is 6.72. The maximum Gasteiger partial charge on any atom is 0.152 e. The Morgan fingerprint density at radius 1 is 1.40 bits per heavy atom. The molecule has 0 spiro atoms. The summed E-state index contributed by atoms with van der Waals surface area (Å²) in [5.41, 5.74) is 1.67. The van der Waals surface area contributed by atoms with Crippen molar-refractivity contribution >= 4 is 9.84 Å². The predicted molar refractivity (Wildman–Crippen MR) is 60.5 cm³/mol. The third-order valence-corrected chi connectivity index (χ3v) is 3.98. The summed E-state index contributed by atoms with van der Waals surface area (Å²) in [6.07, 6.45) is -0.921. The third-order valence-electron chi connectivity index (χ3n) is 2.28. The molecule has 0 amide bonds. The molecular weight excluding hydrogens is 212 g/mol. The second-order valence-electron chi connectivity index (χ2n) is 3.63. The third kappa shape index (κ3) is 3.64. The van der Waals surface area contributed by atoms with Crippen LogP contribution in [0.5, 0.6) is 0 Å². The van der Waals surface area contributed by atoms with Gasteiger partial charge in [-0.15, -0.1) is 0 Å². The van der Waals surface area contributed by atoms with Gasteiger partial charge in [0.15, 0.2) is 9.84 Å². The Balaban J connectivity index is 2.82. The summed E-state index contributed by atoms with van der Waals surface area (Å²) < 4.78 is 22.6. The molecule has 0 bridgehead atoms. The smallest absolute Gasteiger partial charge is 0.152 e. The van der Waals surface area contributed by atoms with Gasteiger partial charge >= 0.3 is 0 Å². The fraction of sp³-hybridized carbons (Fsp3) is 0.455. The lowest BCUT2D eigenvalue weighted by Gasteiger charge is -2.11. The van der Waals surface area contributed by atoms with Crippen LogP contribution in [-0.2, 0) is 9.84 Å². The number of hydrogen-bond acceptors (Lipinski definition) is 3. The van der Waals surface area contributed by atoms with E-state index in [0.29, 0.717) is 5.56 Å². The van der Waals surface area contributed by atoms with Crippen LogP contribution < -0.4 is 0 Å². The molecule has 1 atom stereocenters. The lowest BCUT2D eigenvalue weighted by atomic mass is 10.1. The molecule has 1 aromatic rings. The molecule has 0 aliphatic carbocycles. The van der Waals surface area contributed by atoms with Crippen LogP contribution in [0.2, 0.25) is 0 Å². The number of benzene rings is 1. The highest BCUT2D eigenvalue weighted by Crippen LogP contribution is 2.16. The molecule has 84 valence electrons. The maximum atomic E-state index is 11.3. The van der Waals surface area contributed by atoms with E-state index in [2.05, 4.69) is 0 Å². The van der Waals surface area contributed by atoms with Gasteiger partial charge < -0.3 is 5.11 Å². The first-order valence-electron chi connectivity index (χ1n) is 4.89. The maximum absolute atomic E-state index is 11.3. The monoisotopic (exact) mass is 228 g/mol. The minimum absolute atomic E-state index is 0.0654. The zero-order chi connectivity index (χ0) is 11.5. The van der Waals surface area contributed by atoms with E-state index in [1.807, 2.05) is 19.1 Å². The van der Waals surface area contributed by atoms with E-state index in [-0.39, 0.29) is 11.5 Å². The van der Waals surface area contributed by atoms with Gasteiger partial charge in [-0.05, 0) is 12.5 Å². The minimum atomic E-state index is -3.13. The van der Waals surface area contributed by atoms with Crippen LogP contribution in [-0.4, -0.2) is 25.0 Å². The molecule has 0 saturated carbocycles. The zero-order valence-electron chi connectivity index (χ0n) is 8.97. The van der Waals surface area contributed by atoms with E-state index in [9.17, 15) is 13.5 Å². The van der Waals surface area contributed by atoms with Crippen LogP contribution in [0.3, 0.4) is 0 Å². The highest BCUT2D eigenvalue weighted by molar-refractivity contribution is 7.91. The molecule has 1 unspecified atom stereocenters. The van der Waals surface area contributed by atoms with Crippen molar-refractivity contribution in [2.45, 2.75) is 20.0 Å². The van der Waals surface area contributed by atoms with Gasteiger partial charge in [0, 0.05) is 5.75 Å². The molecule has 4 heteroatoms. The van der Waals surface area contributed by atoms with Crippen LogP contribution in [0.25, 0.3) is 0 Å². The van der Waals surface area contributed by atoms with Gasteiger partial charge in [0.2, 0.25) is 0 Å². The quantitative estimate of drug-likeness (QED) is 0.849. The standard InChI is InChI=1S/C11H16O3S/c1-3-15(13,14)8-11(12)10-6-4-5-9(2)7-10/h4-7,11-12H,3,8H2,1-2H3. The number of rotatable bonds is 4. The van der Waals surface area contributed by atoms with Gasteiger partial charge in [-0.2, -0.15) is 0 Å². The van der Waals surface area contributed by atoms with Crippen molar-refractivity contribution in [2.24, 2.45) is 0 Å². The fourth-order valence-corrected chi connectivity index (χ4v) is 2.24. The zero-order valence-corrected chi connectivity index (χ0v) is 9.79. The summed E-state index contributed by atoms with van der Waals surface area (Å²) in [5, 5.41) is 9.73. The number of aliphatic hydroxyl groups is 1. The Labute approximate surface area is 90.7 Å². The van der Waals surface area contributed by atoms with Gasteiger partial charge in [-0.3, -0.25) is 0 Å². The number of aryl methyl sites for hydroxylation is 1. The Bertz CT molecular complexity index is 423. The van der Waals surface area contributed by atoms with E-state index >= 15 is 0 Å². The van der Waals surface area contributed by atoms with Gasteiger partial charge in [0.1, 0.15) is 0 Å². The highest BCUT2D eigenvalue weighted by atomic mass is 32.2. The van der Waals surface area contributed by atoms with E-state index < -0.39 is 15.9 Å². The summed E-state index contributed by atoms with van der Waals surface area (Å²) >= 11 is 0. The molecule has 0 saturated heterocycles. The molecule has 1 rings (SSSR count). The second-order valence-corrected chi connectivity index (χ2v) is 6.03. The lowest BCUT2D eigenvalue weighted by Crippen LogP contribution is -2.16. The molecule has 0 radical (unpaired) electrons. The Kier molecular flexibility index (Phi) is 3.88. The average Bonchev–Trinajstić information content (AvgIpc) is 2.17. The molecule has 1 aromatic carbocycles. The molecule has 0 fully saturated rings. The van der Waals surface area contributed by atoms with Crippen LogP contribution in [0.1, 0.15) is 24.2 Å². The molecule has 15 heavy (non-hydrogen) atoms. The van der Waals surface area contributed by atoms with E-state index in [1.165, 1.54) is 0 Å². The van der Waals surface area contributed by atoms with Crippen LogP contribution in [0.15, 0.2) is 24.3 Å². The SMILES string of the molecule is CCS(=O)(=O)CC(O)c1cccc(C)c1. The largest absolute Gasteiger partial charge is 0.387 e. The van der Waals surface area contributed by atoms with Crippen molar-refractivity contribution in [2.75, 3.05) is 11.5 Å². The Morgan fingerprint density at radius 3 is 2.60 bits per heavy atom. The Hall–Kier alpha value is -0.870. The predicted octanol–water partition coefficient (Wildman–Crippen LogP) is 1.46. The molecule has 1 N–H and O–H groups in total. The summed E-state index contributed by atoms with van der Waals surface area (Å²) in [5.74, 6) is -0.136. The van der Waals surface area contributed by atoms with Gasteiger partial charge in [0.05, 0.1) is 11.9 Å². The topological polar surface area (TPSA) is 54.4 Å². The molecule has 0 aliphatic heterocycles. The summed E-state index contributed by atoms with van der Waals surface area (Å²) in [4.78, 5) is 0. The first kappa shape index (κ1) is 12.2. The van der Waals surface area contributed by atoms with Crippen molar-refractivity contribution in [3.05, 3.63) is 35.4 Å². The minimum Gasteiger partial charge on any atom is -0.387 e. The average molecular weight is 228 g/mol. The summed E-state index contributed by atoms with van der Waals surface area (Å²) in [6, 6.07) is 7.26. The molecule has 0 aromatic heterocycles. The molecule has 3 nitrogen and oxygen atoms in total. The highest BCUT2D eigenvalue weighted by Gasteiger charge is 2.16. The fourth-order valence-electron chi connectivity index (χ4n) is 1.33. The van der Waals surface area contributed by atoms with Crippen LogP contribution in [0.4, 0.5) is 0 Å². The second kappa shape index (κ2) is 4.77. The molecular formula is C11H16O3S. The molecule has 0 aliphatic rings. The van der Waals surface area contributed by atoms with E-state index in [0.717, 1.165) is 5.56 Å². The molecule has 0 heterocycles. The van der Waals surface area contributed by atoms with Crippen molar-refractivity contribution in [3.63, 3.8) is 0 Å². The summed E-state index contributed by atoms with van der Waals surface area (Å²) in [7, 11) is -3.13. The van der Waals surface area contributed by atoms with E-state index in [1.54, 1.807) is 19.1 Å². The van der Waals surface area contributed by atoms with Crippen molar-refractivity contribution in [3.8, 4) is 0 Å². The normalized spacial score (nSPS) is 13.8. The number of aliphatic hydroxyl groups excluding tert-OH is 1. The lowest BCUT2D eigenvalue weighted by molar-refractivity contribution is 0.201. The number of hydrogen-bond donors (Lipinski definition) is 1. The van der Waals surface area contributed by atoms with Gasteiger partial charge in [-0.1, -0.05) is 36.8 Å². The first-order chi connectivity index (χ1) is 6.94. The Morgan fingerprint density at radius 2 is 2.07 bits per heavy atom. The van der Waals surface area contributed by atoms with Crippen molar-refractivity contribution in [1.29, 1.82) is 0 Å². The van der Waals surface area contributed by atoms with E-state index in [4.69, 9.17) is 0 Å². The summed E-state index contributed by atoms with van der Waals surface area (Å²) in [6.45, 7) is 3.49. The van der Waals surface area contributed by atoms with Gasteiger partial charge in [0.25, 0.3) is 0 Å². The van der Waals surface area contributed by atoms with Crippen LogP contribution >= 0.6 is 0 Å². The van der Waals surface area contributed by atoms with Crippen molar-refractivity contribution < 1.29 is 13.5 Å². The van der Waals surface area contributed by atoms with Gasteiger partial charge in [-0.25, -0.2) is 8.42 Å². The number of sulfone groups is 1. The van der Waals surface area contributed by atoms with Crippen LogP contribution in [0, 0.1) is 6.92 Å².